The van der Waals surface area contributed by atoms with E-state index in [-0.39, 0.29) is 11.4 Å². The second-order valence-electron chi connectivity index (χ2n) is 8.16. The van der Waals surface area contributed by atoms with E-state index in [2.05, 4.69) is 16.8 Å². The summed E-state index contributed by atoms with van der Waals surface area (Å²) in [4.78, 5) is 16.4. The summed E-state index contributed by atoms with van der Waals surface area (Å²) in [5.74, 6) is -0.999. The monoisotopic (exact) mass is 347 g/mol. The second kappa shape index (κ2) is 6.34. The third-order valence-corrected chi connectivity index (χ3v) is 6.42. The standard InChI is InChI=1S/C19H26FN3O2/c1-22-11-19(12-22)5-2-15(3-6-19)23-7-4-13-8-14(18(24)21-25)9-17(20)16(13)10-23/h8-9,15,25H,2-7,10-12H2,1H3,(H,21,24). The minimum atomic E-state index is -0.660. The van der Waals surface area contributed by atoms with Crippen molar-refractivity contribution in [1.82, 2.24) is 15.3 Å². The number of hydrogen-bond donors (Lipinski definition) is 2. The van der Waals surface area contributed by atoms with Gasteiger partial charge in [-0.1, -0.05) is 0 Å². The predicted molar refractivity (Wildman–Crippen MR) is 92.0 cm³/mol. The number of nitrogens with zero attached hydrogens (tertiary/aromatic N) is 2. The zero-order chi connectivity index (χ0) is 17.6. The number of fused-ring (bicyclic) bond motifs is 1. The Morgan fingerprint density at radius 1 is 1.32 bits per heavy atom. The molecule has 1 amide bonds. The molecule has 2 fully saturated rings. The van der Waals surface area contributed by atoms with Gasteiger partial charge in [-0.3, -0.25) is 14.9 Å². The van der Waals surface area contributed by atoms with Crippen LogP contribution in [-0.4, -0.2) is 53.6 Å². The number of carbonyl (C=O) groups is 1. The van der Waals surface area contributed by atoms with Crippen LogP contribution >= 0.6 is 0 Å². The van der Waals surface area contributed by atoms with Crippen molar-refractivity contribution in [3.8, 4) is 0 Å². The first-order valence-corrected chi connectivity index (χ1v) is 9.18. The van der Waals surface area contributed by atoms with Crippen LogP contribution in [0.1, 0.15) is 47.2 Å². The highest BCUT2D eigenvalue weighted by Gasteiger charge is 2.44. The van der Waals surface area contributed by atoms with E-state index in [9.17, 15) is 9.18 Å². The van der Waals surface area contributed by atoms with Gasteiger partial charge in [0.25, 0.3) is 5.91 Å². The van der Waals surface area contributed by atoms with Crippen molar-refractivity contribution in [2.45, 2.75) is 44.7 Å². The number of benzene rings is 1. The van der Waals surface area contributed by atoms with Gasteiger partial charge in [0.2, 0.25) is 0 Å². The largest absolute Gasteiger partial charge is 0.305 e. The number of halogens is 1. The lowest BCUT2D eigenvalue weighted by molar-refractivity contribution is -0.0323. The minimum absolute atomic E-state index is 0.181. The van der Waals surface area contributed by atoms with Crippen molar-refractivity contribution in [1.29, 1.82) is 0 Å². The third kappa shape index (κ3) is 3.07. The molecule has 136 valence electrons. The first-order valence-electron chi connectivity index (χ1n) is 9.18. The summed E-state index contributed by atoms with van der Waals surface area (Å²) in [6, 6.07) is 3.49. The fourth-order valence-corrected chi connectivity index (χ4v) is 5.14. The Morgan fingerprint density at radius 2 is 2.04 bits per heavy atom. The minimum Gasteiger partial charge on any atom is -0.305 e. The fraction of sp³-hybridized carbons (Fsp3) is 0.632. The molecule has 4 rings (SSSR count). The highest BCUT2D eigenvalue weighted by molar-refractivity contribution is 5.93. The molecule has 1 aromatic carbocycles. The molecule has 5 nitrogen and oxygen atoms in total. The molecular weight excluding hydrogens is 321 g/mol. The van der Waals surface area contributed by atoms with Crippen molar-refractivity contribution >= 4 is 5.91 Å². The van der Waals surface area contributed by atoms with Gasteiger partial charge in [0.05, 0.1) is 0 Å². The first kappa shape index (κ1) is 16.9. The average Bonchev–Trinajstić information content (AvgIpc) is 2.60. The summed E-state index contributed by atoms with van der Waals surface area (Å²) in [5, 5.41) is 8.75. The summed E-state index contributed by atoms with van der Waals surface area (Å²) < 4.78 is 14.5. The summed E-state index contributed by atoms with van der Waals surface area (Å²) >= 11 is 0. The molecule has 2 aliphatic heterocycles. The first-order chi connectivity index (χ1) is 12.0. The maximum Gasteiger partial charge on any atom is 0.274 e. The Morgan fingerprint density at radius 3 is 2.68 bits per heavy atom. The van der Waals surface area contributed by atoms with E-state index in [1.165, 1.54) is 44.8 Å². The Bertz CT molecular complexity index is 677. The van der Waals surface area contributed by atoms with Crippen LogP contribution in [-0.2, 0) is 13.0 Å². The molecule has 0 unspecified atom stereocenters. The number of hydroxylamine groups is 1. The molecule has 6 heteroatoms. The van der Waals surface area contributed by atoms with Gasteiger partial charge >= 0.3 is 0 Å². The van der Waals surface area contributed by atoms with Crippen LogP contribution in [0.15, 0.2) is 12.1 Å². The van der Waals surface area contributed by atoms with E-state index in [0.717, 1.165) is 18.5 Å². The van der Waals surface area contributed by atoms with Gasteiger partial charge in [0.1, 0.15) is 5.82 Å². The van der Waals surface area contributed by atoms with E-state index in [4.69, 9.17) is 5.21 Å². The van der Waals surface area contributed by atoms with Crippen molar-refractivity contribution in [2.75, 3.05) is 26.7 Å². The highest BCUT2D eigenvalue weighted by Crippen LogP contribution is 2.44. The Hall–Kier alpha value is -1.50. The van der Waals surface area contributed by atoms with Crippen LogP contribution in [0.25, 0.3) is 0 Å². The van der Waals surface area contributed by atoms with Crippen LogP contribution < -0.4 is 5.48 Å². The summed E-state index contributed by atoms with van der Waals surface area (Å²) in [6.07, 6.45) is 5.72. The van der Waals surface area contributed by atoms with Gasteiger partial charge < -0.3 is 4.90 Å². The number of nitrogens with one attached hydrogen (secondary N) is 1. The molecule has 1 saturated carbocycles. The molecule has 3 aliphatic rings. The molecule has 0 radical (unpaired) electrons. The number of amides is 1. The lowest BCUT2D eigenvalue weighted by Gasteiger charge is -2.53. The van der Waals surface area contributed by atoms with E-state index in [0.29, 0.717) is 23.6 Å². The molecule has 2 heterocycles. The second-order valence-corrected chi connectivity index (χ2v) is 8.16. The van der Waals surface area contributed by atoms with Crippen LogP contribution in [0.2, 0.25) is 0 Å². The van der Waals surface area contributed by atoms with Crippen molar-refractivity contribution in [3.63, 3.8) is 0 Å². The zero-order valence-corrected chi connectivity index (χ0v) is 14.7. The van der Waals surface area contributed by atoms with Crippen LogP contribution in [0, 0.1) is 11.2 Å². The fourth-order valence-electron chi connectivity index (χ4n) is 5.14. The molecule has 0 atom stereocenters. The molecule has 1 aromatic rings. The average molecular weight is 347 g/mol. The quantitative estimate of drug-likeness (QED) is 0.636. The van der Waals surface area contributed by atoms with E-state index < -0.39 is 5.91 Å². The number of rotatable bonds is 2. The molecule has 1 saturated heterocycles. The molecule has 0 aromatic heterocycles. The van der Waals surface area contributed by atoms with Crippen molar-refractivity contribution < 1.29 is 14.4 Å². The summed E-state index contributed by atoms with van der Waals surface area (Å²) in [7, 11) is 2.19. The Balaban J connectivity index is 1.44. The number of carbonyl (C=O) groups excluding carboxylic acids is 1. The van der Waals surface area contributed by atoms with Gasteiger partial charge in [-0.2, -0.15) is 0 Å². The SMILES string of the molecule is CN1CC2(CCC(N3CCc4cc(C(=O)NO)cc(F)c4C3)CC2)C1. The third-order valence-electron chi connectivity index (χ3n) is 6.42. The lowest BCUT2D eigenvalue weighted by Crippen LogP contribution is -2.57. The van der Waals surface area contributed by atoms with E-state index >= 15 is 0 Å². The zero-order valence-electron chi connectivity index (χ0n) is 14.7. The maximum atomic E-state index is 14.5. The normalized spacial score (nSPS) is 24.0. The van der Waals surface area contributed by atoms with Gasteiger partial charge in [0.15, 0.2) is 0 Å². The molecule has 1 aliphatic carbocycles. The van der Waals surface area contributed by atoms with Gasteiger partial charge in [-0.25, -0.2) is 9.87 Å². The molecular formula is C19H26FN3O2. The molecule has 1 spiro atoms. The highest BCUT2D eigenvalue weighted by atomic mass is 19.1. The smallest absolute Gasteiger partial charge is 0.274 e. The van der Waals surface area contributed by atoms with Crippen molar-refractivity contribution in [3.05, 3.63) is 34.6 Å². The maximum absolute atomic E-state index is 14.5. The Labute approximate surface area is 147 Å². The van der Waals surface area contributed by atoms with E-state index in [1.807, 2.05) is 0 Å². The number of hydrogen-bond acceptors (Lipinski definition) is 4. The molecule has 25 heavy (non-hydrogen) atoms. The molecule has 0 bridgehead atoms. The topological polar surface area (TPSA) is 55.8 Å². The Kier molecular flexibility index (Phi) is 4.30. The van der Waals surface area contributed by atoms with Gasteiger partial charge in [-0.15, -0.1) is 0 Å². The van der Waals surface area contributed by atoms with Crippen LogP contribution in [0.3, 0.4) is 0 Å². The number of likely N-dealkylation sites (tertiary alicyclic amines) is 1. The van der Waals surface area contributed by atoms with Gasteiger partial charge in [0, 0.05) is 43.3 Å². The van der Waals surface area contributed by atoms with Crippen LogP contribution in [0.5, 0.6) is 0 Å². The molecule has 2 N–H and O–H groups in total. The van der Waals surface area contributed by atoms with Crippen molar-refractivity contribution in [2.24, 2.45) is 5.41 Å². The lowest BCUT2D eigenvalue weighted by atomic mass is 9.67. The summed E-state index contributed by atoms with van der Waals surface area (Å²) in [6.45, 7) is 3.99. The van der Waals surface area contributed by atoms with Gasteiger partial charge in [-0.05, 0) is 62.3 Å². The van der Waals surface area contributed by atoms with Crippen LogP contribution in [0.4, 0.5) is 4.39 Å². The van der Waals surface area contributed by atoms with E-state index in [1.54, 1.807) is 11.5 Å². The summed E-state index contributed by atoms with van der Waals surface area (Å²) in [5.41, 5.74) is 3.92. The predicted octanol–water partition coefficient (Wildman–Crippen LogP) is 2.18.